The van der Waals surface area contributed by atoms with Gasteiger partial charge in [-0.05, 0) is 56.2 Å². The van der Waals surface area contributed by atoms with E-state index in [2.05, 4.69) is 30.6 Å². The van der Waals surface area contributed by atoms with Crippen LogP contribution in [0.15, 0.2) is 11.4 Å². The highest BCUT2D eigenvalue weighted by molar-refractivity contribution is 7.10. The van der Waals surface area contributed by atoms with E-state index >= 15 is 0 Å². The van der Waals surface area contributed by atoms with Crippen LogP contribution in [-0.4, -0.2) is 18.8 Å². The van der Waals surface area contributed by atoms with Crippen molar-refractivity contribution in [3.63, 3.8) is 0 Å². The summed E-state index contributed by atoms with van der Waals surface area (Å²) in [6.45, 7) is 5.59. The molecule has 0 aromatic carbocycles. The molecule has 3 heterocycles. The summed E-state index contributed by atoms with van der Waals surface area (Å²) in [5, 5.41) is 5.99. The molecule has 1 N–H and O–H groups in total. The second-order valence-electron chi connectivity index (χ2n) is 5.64. The predicted octanol–water partition coefficient (Wildman–Crippen LogP) is 3.66. The summed E-state index contributed by atoms with van der Waals surface area (Å²) < 4.78 is 6.05. The first-order chi connectivity index (χ1) is 8.79. The van der Waals surface area contributed by atoms with Gasteiger partial charge in [-0.15, -0.1) is 11.3 Å². The van der Waals surface area contributed by atoms with Crippen molar-refractivity contribution in [3.8, 4) is 0 Å². The fourth-order valence-corrected chi connectivity index (χ4v) is 4.29. The molecule has 2 bridgehead atoms. The van der Waals surface area contributed by atoms with Gasteiger partial charge in [-0.2, -0.15) is 0 Å². The molecule has 1 aromatic rings. The lowest BCUT2D eigenvalue weighted by molar-refractivity contribution is 0.0856. The number of hydrogen-bond acceptors (Lipinski definition) is 3. The normalized spacial score (nSPS) is 32.0. The summed E-state index contributed by atoms with van der Waals surface area (Å²) in [5.74, 6) is 0.684. The topological polar surface area (TPSA) is 21.3 Å². The molecular weight excluding hydrogens is 242 g/mol. The van der Waals surface area contributed by atoms with Gasteiger partial charge in [0.1, 0.15) is 0 Å². The molecule has 0 aliphatic carbocycles. The van der Waals surface area contributed by atoms with Crippen LogP contribution in [-0.2, 0) is 4.74 Å². The van der Waals surface area contributed by atoms with Gasteiger partial charge in [-0.3, -0.25) is 0 Å². The van der Waals surface area contributed by atoms with Crippen LogP contribution in [0.5, 0.6) is 0 Å². The average Bonchev–Trinajstić information content (AvgIpc) is 3.07. The Morgan fingerprint density at radius 3 is 2.94 bits per heavy atom. The van der Waals surface area contributed by atoms with E-state index in [1.54, 1.807) is 0 Å². The molecule has 4 unspecified atom stereocenters. The fourth-order valence-electron chi connectivity index (χ4n) is 3.54. The van der Waals surface area contributed by atoms with Crippen LogP contribution < -0.4 is 5.32 Å². The van der Waals surface area contributed by atoms with E-state index in [1.165, 1.54) is 36.1 Å². The number of hydrogen-bond donors (Lipinski definition) is 1. The molecule has 3 rings (SSSR count). The minimum absolute atomic E-state index is 0.503. The van der Waals surface area contributed by atoms with Crippen molar-refractivity contribution in [2.24, 2.45) is 5.92 Å². The van der Waals surface area contributed by atoms with Crippen LogP contribution in [0.25, 0.3) is 0 Å². The molecule has 4 atom stereocenters. The maximum Gasteiger partial charge on any atom is 0.0627 e. The van der Waals surface area contributed by atoms with Gasteiger partial charge >= 0.3 is 0 Å². The van der Waals surface area contributed by atoms with Crippen molar-refractivity contribution >= 4 is 11.3 Å². The van der Waals surface area contributed by atoms with Crippen LogP contribution in [0.2, 0.25) is 0 Å². The molecule has 100 valence electrons. The van der Waals surface area contributed by atoms with E-state index in [-0.39, 0.29) is 0 Å². The second kappa shape index (κ2) is 5.32. The van der Waals surface area contributed by atoms with Crippen molar-refractivity contribution < 1.29 is 4.74 Å². The Morgan fingerprint density at radius 1 is 1.50 bits per heavy atom. The summed E-state index contributed by atoms with van der Waals surface area (Å²) in [4.78, 5) is 1.46. The lowest BCUT2D eigenvalue weighted by Crippen LogP contribution is -2.34. The van der Waals surface area contributed by atoms with E-state index in [0.29, 0.717) is 24.2 Å². The van der Waals surface area contributed by atoms with E-state index in [9.17, 15) is 0 Å². The molecular formula is C15H23NOS. The lowest BCUT2D eigenvalue weighted by Gasteiger charge is -2.29. The molecule has 18 heavy (non-hydrogen) atoms. The fraction of sp³-hybridized carbons (Fsp3) is 0.733. The summed E-state index contributed by atoms with van der Waals surface area (Å²) in [6.07, 6.45) is 6.05. The molecule has 0 saturated carbocycles. The van der Waals surface area contributed by atoms with E-state index in [0.717, 1.165) is 6.54 Å². The van der Waals surface area contributed by atoms with E-state index in [1.807, 2.05) is 11.3 Å². The van der Waals surface area contributed by atoms with Crippen LogP contribution in [0.4, 0.5) is 0 Å². The zero-order chi connectivity index (χ0) is 12.5. The van der Waals surface area contributed by atoms with E-state index < -0.39 is 0 Å². The molecule has 0 radical (unpaired) electrons. The van der Waals surface area contributed by atoms with Gasteiger partial charge in [0.2, 0.25) is 0 Å². The molecule has 2 aliphatic rings. The van der Waals surface area contributed by atoms with Crippen molar-refractivity contribution in [1.29, 1.82) is 0 Å². The third-order valence-corrected chi connectivity index (χ3v) is 5.29. The summed E-state index contributed by atoms with van der Waals surface area (Å²) in [7, 11) is 0. The minimum Gasteiger partial charge on any atom is -0.375 e. The lowest BCUT2D eigenvalue weighted by atomic mass is 9.81. The SMILES string of the molecule is CCCNC(c1ccsc1C)C1CC2CCC1O2. The molecule has 2 saturated heterocycles. The van der Waals surface area contributed by atoms with Crippen molar-refractivity contribution in [1.82, 2.24) is 5.32 Å². The highest BCUT2D eigenvalue weighted by Crippen LogP contribution is 2.45. The van der Waals surface area contributed by atoms with Gasteiger partial charge in [-0.1, -0.05) is 6.92 Å². The predicted molar refractivity (Wildman–Crippen MR) is 76.1 cm³/mol. The van der Waals surface area contributed by atoms with Gasteiger partial charge in [0, 0.05) is 16.8 Å². The monoisotopic (exact) mass is 265 g/mol. The molecule has 2 fully saturated rings. The van der Waals surface area contributed by atoms with Gasteiger partial charge in [0.05, 0.1) is 12.2 Å². The summed E-state index contributed by atoms with van der Waals surface area (Å²) in [6, 6.07) is 2.81. The Morgan fingerprint density at radius 2 is 2.39 bits per heavy atom. The van der Waals surface area contributed by atoms with Crippen LogP contribution in [0, 0.1) is 12.8 Å². The maximum absolute atomic E-state index is 6.05. The van der Waals surface area contributed by atoms with Crippen molar-refractivity contribution in [2.45, 2.75) is 57.8 Å². The van der Waals surface area contributed by atoms with Gasteiger partial charge < -0.3 is 10.1 Å². The second-order valence-corrected chi connectivity index (χ2v) is 6.76. The molecule has 0 spiro atoms. The number of rotatable bonds is 5. The number of thiophene rings is 1. The quantitative estimate of drug-likeness (QED) is 0.877. The smallest absolute Gasteiger partial charge is 0.0627 e. The first-order valence-electron chi connectivity index (χ1n) is 7.22. The standard InChI is InChI=1S/C15H23NOS/c1-3-7-16-15(12-6-8-18-10(12)2)13-9-11-4-5-14(13)17-11/h6,8,11,13-16H,3-5,7,9H2,1-2H3. The molecule has 0 amide bonds. The average molecular weight is 265 g/mol. The van der Waals surface area contributed by atoms with E-state index in [4.69, 9.17) is 4.74 Å². The number of nitrogens with one attached hydrogen (secondary N) is 1. The van der Waals surface area contributed by atoms with Gasteiger partial charge in [0.15, 0.2) is 0 Å². The maximum atomic E-state index is 6.05. The molecule has 1 aromatic heterocycles. The summed E-state index contributed by atoms with van der Waals surface area (Å²) >= 11 is 1.86. The molecule has 2 nitrogen and oxygen atoms in total. The van der Waals surface area contributed by atoms with Crippen LogP contribution >= 0.6 is 11.3 Å². The Hall–Kier alpha value is -0.380. The number of ether oxygens (including phenoxy) is 1. The first kappa shape index (κ1) is 12.6. The Bertz CT molecular complexity index is 403. The zero-order valence-corrected chi connectivity index (χ0v) is 12.1. The van der Waals surface area contributed by atoms with Gasteiger partial charge in [0.25, 0.3) is 0 Å². The Balaban J connectivity index is 1.79. The minimum atomic E-state index is 0.503. The van der Waals surface area contributed by atoms with Crippen LogP contribution in [0.1, 0.15) is 49.1 Å². The van der Waals surface area contributed by atoms with Crippen molar-refractivity contribution in [2.75, 3.05) is 6.54 Å². The third kappa shape index (κ3) is 2.24. The zero-order valence-electron chi connectivity index (χ0n) is 11.3. The van der Waals surface area contributed by atoms with Gasteiger partial charge in [-0.25, -0.2) is 0 Å². The Kier molecular flexibility index (Phi) is 3.73. The first-order valence-corrected chi connectivity index (χ1v) is 8.10. The molecule has 2 aliphatic heterocycles. The third-order valence-electron chi connectivity index (χ3n) is 4.43. The number of aryl methyl sites for hydroxylation is 1. The highest BCUT2D eigenvalue weighted by Gasteiger charge is 2.44. The summed E-state index contributed by atoms with van der Waals surface area (Å²) in [5.41, 5.74) is 1.51. The van der Waals surface area contributed by atoms with Crippen molar-refractivity contribution in [3.05, 3.63) is 21.9 Å². The Labute approximate surface area is 114 Å². The highest BCUT2D eigenvalue weighted by atomic mass is 32.1. The number of fused-ring (bicyclic) bond motifs is 2. The largest absolute Gasteiger partial charge is 0.375 e. The van der Waals surface area contributed by atoms with Crippen LogP contribution in [0.3, 0.4) is 0 Å². The molecule has 3 heteroatoms.